The first-order valence-electron chi connectivity index (χ1n) is 5.37. The van der Waals surface area contributed by atoms with E-state index in [1.165, 1.54) is 6.92 Å². The molecule has 17 heavy (non-hydrogen) atoms. The Balaban J connectivity index is 2.85. The smallest absolute Gasteiger partial charge is 0.352 e. The van der Waals surface area contributed by atoms with Crippen molar-refractivity contribution in [3.63, 3.8) is 0 Å². The predicted molar refractivity (Wildman–Crippen MR) is 63.5 cm³/mol. The summed E-state index contributed by atoms with van der Waals surface area (Å²) >= 11 is 5.64. The number of rotatable bonds is 6. The summed E-state index contributed by atoms with van der Waals surface area (Å²) in [5.41, 5.74) is -0.00797. The van der Waals surface area contributed by atoms with Gasteiger partial charge in [-0.1, -0.05) is 19.8 Å². The van der Waals surface area contributed by atoms with Gasteiger partial charge in [-0.05, 0) is 24.9 Å². The molecule has 1 heterocycles. The summed E-state index contributed by atoms with van der Waals surface area (Å²) < 4.78 is 5.28. The molecule has 7 heteroatoms. The molecule has 0 radical (unpaired) electrons. The van der Waals surface area contributed by atoms with Gasteiger partial charge < -0.3 is 4.74 Å². The van der Waals surface area contributed by atoms with Gasteiger partial charge in [0.15, 0.2) is 0 Å². The highest BCUT2D eigenvalue weighted by molar-refractivity contribution is 6.28. The van der Waals surface area contributed by atoms with Crippen molar-refractivity contribution in [3.05, 3.63) is 21.1 Å². The highest BCUT2D eigenvalue weighted by atomic mass is 35.5. The monoisotopic (exact) mass is 259 g/mol. The molecule has 0 fully saturated rings. The van der Waals surface area contributed by atoms with Crippen LogP contribution in [0.1, 0.15) is 31.9 Å². The van der Waals surface area contributed by atoms with Crippen LogP contribution in [0.4, 0.5) is 5.69 Å². The lowest BCUT2D eigenvalue weighted by Crippen LogP contribution is -2.05. The summed E-state index contributed by atoms with van der Waals surface area (Å²) in [6.07, 6.45) is 2.88. The number of hydrogen-bond acceptors (Lipinski definition) is 5. The lowest BCUT2D eigenvalue weighted by molar-refractivity contribution is -0.387. The van der Waals surface area contributed by atoms with E-state index in [1.54, 1.807) is 0 Å². The molecular weight excluding hydrogens is 246 g/mol. The van der Waals surface area contributed by atoms with E-state index in [-0.39, 0.29) is 22.5 Å². The van der Waals surface area contributed by atoms with Gasteiger partial charge in [-0.25, -0.2) is 4.98 Å². The standard InChI is InChI=1S/C10H14ClN3O3/c1-3-4-5-6-17-9-8(14(15)16)7(2)12-10(11)13-9/h3-6H2,1-2H3. The Bertz CT molecular complexity index is 412. The molecular formula is C10H14ClN3O3. The lowest BCUT2D eigenvalue weighted by Gasteiger charge is -2.06. The lowest BCUT2D eigenvalue weighted by atomic mass is 10.3. The van der Waals surface area contributed by atoms with Crippen molar-refractivity contribution in [2.24, 2.45) is 0 Å². The summed E-state index contributed by atoms with van der Waals surface area (Å²) in [5.74, 6) is -0.0522. The van der Waals surface area contributed by atoms with Gasteiger partial charge in [-0.15, -0.1) is 0 Å². The predicted octanol–water partition coefficient (Wildman–Crippen LogP) is 2.92. The summed E-state index contributed by atoms with van der Waals surface area (Å²) in [6, 6.07) is 0. The molecule has 0 N–H and O–H groups in total. The topological polar surface area (TPSA) is 78.2 Å². The van der Waals surface area contributed by atoms with Crippen molar-refractivity contribution < 1.29 is 9.66 Å². The minimum absolute atomic E-state index is 0.0430. The molecule has 1 aromatic rings. The third-order valence-electron chi connectivity index (χ3n) is 2.17. The first-order chi connectivity index (χ1) is 8.06. The van der Waals surface area contributed by atoms with Crippen LogP contribution in [0, 0.1) is 17.0 Å². The maximum Gasteiger partial charge on any atom is 0.352 e. The Labute approximate surface area is 104 Å². The molecule has 0 saturated carbocycles. The average molecular weight is 260 g/mol. The number of unbranched alkanes of at least 4 members (excludes halogenated alkanes) is 2. The number of aromatic nitrogens is 2. The van der Waals surface area contributed by atoms with E-state index in [9.17, 15) is 10.1 Å². The fourth-order valence-corrected chi connectivity index (χ4v) is 1.54. The Hall–Kier alpha value is -1.43. The molecule has 1 aromatic heterocycles. The normalized spacial score (nSPS) is 10.3. The SMILES string of the molecule is CCCCCOc1nc(Cl)nc(C)c1[N+](=O)[O-]. The molecule has 1 rings (SSSR count). The molecule has 0 atom stereocenters. The molecule has 0 aliphatic carbocycles. The zero-order chi connectivity index (χ0) is 12.8. The summed E-state index contributed by atoms with van der Waals surface area (Å²) in [6.45, 7) is 3.96. The largest absolute Gasteiger partial charge is 0.473 e. The van der Waals surface area contributed by atoms with Crippen LogP contribution in [-0.2, 0) is 0 Å². The molecule has 0 amide bonds. The van der Waals surface area contributed by atoms with E-state index in [2.05, 4.69) is 16.9 Å². The van der Waals surface area contributed by atoms with Crippen molar-refractivity contribution in [2.75, 3.05) is 6.61 Å². The molecule has 0 spiro atoms. The molecule has 0 aliphatic heterocycles. The van der Waals surface area contributed by atoms with E-state index in [4.69, 9.17) is 16.3 Å². The fourth-order valence-electron chi connectivity index (χ4n) is 1.34. The highest BCUT2D eigenvalue weighted by Crippen LogP contribution is 2.28. The minimum Gasteiger partial charge on any atom is -0.473 e. The first-order valence-corrected chi connectivity index (χ1v) is 5.75. The number of nitrogens with zero attached hydrogens (tertiary/aromatic N) is 3. The van der Waals surface area contributed by atoms with Gasteiger partial charge in [0.05, 0.1) is 11.5 Å². The summed E-state index contributed by atoms with van der Waals surface area (Å²) in [5, 5.41) is 10.8. The van der Waals surface area contributed by atoms with Crippen LogP contribution < -0.4 is 4.74 Å². The second kappa shape index (κ2) is 6.34. The maximum absolute atomic E-state index is 10.8. The summed E-state index contributed by atoms with van der Waals surface area (Å²) in [4.78, 5) is 17.8. The van der Waals surface area contributed by atoms with Crippen molar-refractivity contribution in [2.45, 2.75) is 33.1 Å². The molecule has 0 aromatic carbocycles. The molecule has 0 saturated heterocycles. The van der Waals surface area contributed by atoms with Gasteiger partial charge in [0.2, 0.25) is 5.28 Å². The van der Waals surface area contributed by atoms with Gasteiger partial charge in [0.25, 0.3) is 5.88 Å². The third-order valence-corrected chi connectivity index (χ3v) is 2.34. The Kier molecular flexibility index (Phi) is 5.09. The Morgan fingerprint density at radius 1 is 1.41 bits per heavy atom. The van der Waals surface area contributed by atoms with Gasteiger partial charge in [0, 0.05) is 0 Å². The number of halogens is 1. The van der Waals surface area contributed by atoms with Crippen LogP contribution in [0.3, 0.4) is 0 Å². The van der Waals surface area contributed by atoms with Crippen LogP contribution >= 0.6 is 11.6 Å². The average Bonchev–Trinajstić information content (AvgIpc) is 2.22. The van der Waals surface area contributed by atoms with Crippen LogP contribution in [0.5, 0.6) is 5.88 Å². The summed E-state index contributed by atoms with van der Waals surface area (Å²) in [7, 11) is 0. The highest BCUT2D eigenvalue weighted by Gasteiger charge is 2.22. The van der Waals surface area contributed by atoms with Gasteiger partial charge >= 0.3 is 5.69 Å². The van der Waals surface area contributed by atoms with E-state index in [1.807, 2.05) is 0 Å². The van der Waals surface area contributed by atoms with Crippen molar-refractivity contribution in [3.8, 4) is 5.88 Å². The second-order valence-corrected chi connectivity index (χ2v) is 3.88. The van der Waals surface area contributed by atoms with Gasteiger partial charge in [-0.2, -0.15) is 4.98 Å². The van der Waals surface area contributed by atoms with Crippen LogP contribution in [0.15, 0.2) is 0 Å². The van der Waals surface area contributed by atoms with Gasteiger partial charge in [-0.3, -0.25) is 10.1 Å². The number of aryl methyl sites for hydroxylation is 1. The van der Waals surface area contributed by atoms with Crippen LogP contribution in [0.2, 0.25) is 5.28 Å². The van der Waals surface area contributed by atoms with Crippen LogP contribution in [-0.4, -0.2) is 21.5 Å². The number of ether oxygens (including phenoxy) is 1. The zero-order valence-corrected chi connectivity index (χ0v) is 10.5. The first kappa shape index (κ1) is 13.6. The molecule has 6 nitrogen and oxygen atoms in total. The van der Waals surface area contributed by atoms with Crippen LogP contribution in [0.25, 0.3) is 0 Å². The Morgan fingerprint density at radius 3 is 2.71 bits per heavy atom. The zero-order valence-electron chi connectivity index (χ0n) is 9.77. The maximum atomic E-state index is 10.8. The fraction of sp³-hybridized carbons (Fsp3) is 0.600. The molecule has 94 valence electrons. The third kappa shape index (κ3) is 3.81. The van der Waals surface area contributed by atoms with Gasteiger partial charge in [0.1, 0.15) is 5.69 Å². The van der Waals surface area contributed by atoms with E-state index < -0.39 is 4.92 Å². The Morgan fingerprint density at radius 2 is 2.12 bits per heavy atom. The molecule has 0 unspecified atom stereocenters. The van der Waals surface area contributed by atoms with E-state index in [0.717, 1.165) is 19.3 Å². The van der Waals surface area contributed by atoms with E-state index in [0.29, 0.717) is 6.61 Å². The van der Waals surface area contributed by atoms with E-state index >= 15 is 0 Å². The number of nitro groups is 1. The quantitative estimate of drug-likeness (QED) is 0.340. The molecule has 0 aliphatic rings. The molecule has 0 bridgehead atoms. The van der Waals surface area contributed by atoms with Crippen molar-refractivity contribution in [1.82, 2.24) is 9.97 Å². The minimum atomic E-state index is -0.555. The van der Waals surface area contributed by atoms with Crippen molar-refractivity contribution in [1.29, 1.82) is 0 Å². The second-order valence-electron chi connectivity index (χ2n) is 3.54. The van der Waals surface area contributed by atoms with Crippen molar-refractivity contribution >= 4 is 17.3 Å². The number of hydrogen-bond donors (Lipinski definition) is 0.